The first-order chi connectivity index (χ1) is 9.29. The highest BCUT2D eigenvalue weighted by Gasteiger charge is 2.13. The van der Waals surface area contributed by atoms with Crippen molar-refractivity contribution in [2.24, 2.45) is 5.92 Å². The predicted molar refractivity (Wildman–Crippen MR) is 84.6 cm³/mol. The summed E-state index contributed by atoms with van der Waals surface area (Å²) in [5, 5.41) is 0. The lowest BCUT2D eigenvalue weighted by atomic mass is 10.2. The third-order valence-corrected chi connectivity index (χ3v) is 3.02. The van der Waals surface area contributed by atoms with Crippen molar-refractivity contribution in [3.05, 3.63) is 22.2 Å². The Kier molecular flexibility index (Phi) is 6.20. The summed E-state index contributed by atoms with van der Waals surface area (Å²) in [6.07, 6.45) is 0. The molecule has 114 valence electrons. The zero-order valence-electron chi connectivity index (χ0n) is 13.6. The summed E-state index contributed by atoms with van der Waals surface area (Å²) in [5.41, 5.74) is -0.0719. The first kappa shape index (κ1) is 16.7. The van der Waals surface area contributed by atoms with Crippen molar-refractivity contribution in [2.45, 2.75) is 33.6 Å². The molecule has 0 aliphatic heterocycles. The molecule has 0 bridgehead atoms. The van der Waals surface area contributed by atoms with Crippen molar-refractivity contribution in [1.82, 2.24) is 14.9 Å². The van der Waals surface area contributed by atoms with Crippen LogP contribution in [0.5, 0.6) is 0 Å². The van der Waals surface area contributed by atoms with Gasteiger partial charge in [-0.1, -0.05) is 27.7 Å². The zero-order chi connectivity index (χ0) is 15.3. The van der Waals surface area contributed by atoms with Crippen LogP contribution in [0.1, 0.15) is 39.4 Å². The third kappa shape index (κ3) is 5.33. The topological polar surface area (TPSA) is 52.2 Å². The first-order valence-electron chi connectivity index (χ1n) is 7.30. The molecule has 0 unspecified atom stereocenters. The summed E-state index contributed by atoms with van der Waals surface area (Å²) < 4.78 is 0. The molecule has 0 atom stereocenters. The van der Waals surface area contributed by atoms with Crippen LogP contribution in [0.25, 0.3) is 0 Å². The lowest BCUT2D eigenvalue weighted by molar-refractivity contribution is 0.408. The van der Waals surface area contributed by atoms with Gasteiger partial charge >= 0.3 is 0 Å². The van der Waals surface area contributed by atoms with Crippen LogP contribution in [0.2, 0.25) is 0 Å². The minimum Gasteiger partial charge on any atom is -0.355 e. The highest BCUT2D eigenvalue weighted by Crippen LogP contribution is 2.14. The monoisotopic (exact) mass is 280 g/mol. The van der Waals surface area contributed by atoms with Gasteiger partial charge in [0, 0.05) is 31.6 Å². The van der Waals surface area contributed by atoms with E-state index in [4.69, 9.17) is 0 Å². The molecule has 5 heteroatoms. The average molecular weight is 280 g/mol. The molecule has 0 spiro atoms. The Morgan fingerprint density at radius 2 is 1.85 bits per heavy atom. The number of aromatic amines is 1. The number of aromatic nitrogens is 2. The fraction of sp³-hybridized carbons (Fsp3) is 0.733. The fourth-order valence-electron chi connectivity index (χ4n) is 1.96. The van der Waals surface area contributed by atoms with E-state index in [-0.39, 0.29) is 11.5 Å². The summed E-state index contributed by atoms with van der Waals surface area (Å²) >= 11 is 0. The van der Waals surface area contributed by atoms with Crippen molar-refractivity contribution in [3.8, 4) is 0 Å². The Labute approximate surface area is 122 Å². The van der Waals surface area contributed by atoms with Crippen LogP contribution in [-0.2, 0) is 0 Å². The van der Waals surface area contributed by atoms with Crippen LogP contribution < -0.4 is 10.5 Å². The smallest absolute Gasteiger partial charge is 0.252 e. The molecule has 1 aromatic rings. The Morgan fingerprint density at radius 3 is 2.35 bits per heavy atom. The van der Waals surface area contributed by atoms with Crippen molar-refractivity contribution < 1.29 is 0 Å². The normalized spacial score (nSPS) is 11.7. The molecule has 0 aliphatic carbocycles. The lowest BCUT2D eigenvalue weighted by Crippen LogP contribution is -2.36. The summed E-state index contributed by atoms with van der Waals surface area (Å²) in [5.74, 6) is 2.29. The van der Waals surface area contributed by atoms with E-state index < -0.39 is 0 Å². The molecule has 0 aliphatic rings. The van der Waals surface area contributed by atoms with Gasteiger partial charge in [0.2, 0.25) is 0 Å². The minimum absolute atomic E-state index is 0.0719. The number of hydrogen-bond donors (Lipinski definition) is 1. The van der Waals surface area contributed by atoms with Crippen LogP contribution in [-0.4, -0.2) is 48.6 Å². The minimum atomic E-state index is -0.0719. The Hall–Kier alpha value is -1.36. The van der Waals surface area contributed by atoms with E-state index in [1.165, 1.54) is 0 Å². The molecular formula is C15H28N4O. The zero-order valence-corrected chi connectivity index (χ0v) is 13.6. The average Bonchev–Trinajstić information content (AvgIpc) is 2.32. The van der Waals surface area contributed by atoms with Gasteiger partial charge in [-0.25, -0.2) is 4.98 Å². The van der Waals surface area contributed by atoms with E-state index in [2.05, 4.69) is 47.7 Å². The van der Waals surface area contributed by atoms with Gasteiger partial charge in [0.1, 0.15) is 11.6 Å². The van der Waals surface area contributed by atoms with E-state index in [9.17, 15) is 4.79 Å². The largest absolute Gasteiger partial charge is 0.355 e. The molecule has 1 aromatic heterocycles. The number of H-pyrrole nitrogens is 1. The maximum Gasteiger partial charge on any atom is 0.252 e. The molecule has 0 fully saturated rings. The van der Waals surface area contributed by atoms with Gasteiger partial charge in [0.25, 0.3) is 5.56 Å². The van der Waals surface area contributed by atoms with Crippen LogP contribution in [0.4, 0.5) is 5.82 Å². The Balaban J connectivity index is 3.02. The van der Waals surface area contributed by atoms with Crippen molar-refractivity contribution in [2.75, 3.05) is 38.6 Å². The van der Waals surface area contributed by atoms with E-state index in [0.717, 1.165) is 31.3 Å². The van der Waals surface area contributed by atoms with Gasteiger partial charge < -0.3 is 14.8 Å². The van der Waals surface area contributed by atoms with Gasteiger partial charge in [-0.2, -0.15) is 0 Å². The van der Waals surface area contributed by atoms with Gasteiger partial charge in [-0.3, -0.25) is 4.79 Å². The molecule has 5 nitrogen and oxygen atoms in total. The molecular weight excluding hydrogens is 252 g/mol. The molecule has 0 amide bonds. The van der Waals surface area contributed by atoms with Gasteiger partial charge in [0.15, 0.2) is 0 Å². The molecule has 1 rings (SSSR count). The molecule has 0 aromatic carbocycles. The second-order valence-corrected chi connectivity index (χ2v) is 6.29. The number of nitrogens with one attached hydrogen (secondary N) is 1. The second kappa shape index (κ2) is 7.43. The van der Waals surface area contributed by atoms with E-state index >= 15 is 0 Å². The van der Waals surface area contributed by atoms with E-state index in [1.54, 1.807) is 6.07 Å². The molecule has 0 radical (unpaired) electrons. The van der Waals surface area contributed by atoms with Crippen molar-refractivity contribution in [3.63, 3.8) is 0 Å². The standard InChI is InChI=1S/C15H28N4O/c1-11(2)10-19(8-7-18(5)6)13-9-14(20)17-15(16-13)12(3)4/h9,11-12H,7-8,10H2,1-6H3,(H,16,17,20). The molecule has 0 saturated heterocycles. The van der Waals surface area contributed by atoms with E-state index in [1.807, 2.05) is 13.8 Å². The number of nitrogens with zero attached hydrogens (tertiary/aromatic N) is 3. The lowest BCUT2D eigenvalue weighted by Gasteiger charge is -2.27. The quantitative estimate of drug-likeness (QED) is 0.829. The number of hydrogen-bond acceptors (Lipinski definition) is 4. The SMILES string of the molecule is CC(C)CN(CCN(C)C)c1cc(=O)[nH]c(C(C)C)n1. The van der Waals surface area contributed by atoms with Crippen molar-refractivity contribution >= 4 is 5.82 Å². The number of rotatable bonds is 7. The first-order valence-corrected chi connectivity index (χ1v) is 7.30. The fourth-order valence-corrected chi connectivity index (χ4v) is 1.96. The second-order valence-electron chi connectivity index (χ2n) is 6.29. The van der Waals surface area contributed by atoms with Gasteiger partial charge in [0.05, 0.1) is 0 Å². The van der Waals surface area contributed by atoms with Gasteiger partial charge in [-0.05, 0) is 20.0 Å². The van der Waals surface area contributed by atoms with Gasteiger partial charge in [-0.15, -0.1) is 0 Å². The van der Waals surface area contributed by atoms with Crippen LogP contribution in [0.15, 0.2) is 10.9 Å². The highest BCUT2D eigenvalue weighted by molar-refractivity contribution is 5.37. The Morgan fingerprint density at radius 1 is 1.20 bits per heavy atom. The summed E-state index contributed by atoms with van der Waals surface area (Å²) in [4.78, 5) is 23.6. The van der Waals surface area contributed by atoms with Crippen LogP contribution >= 0.6 is 0 Å². The molecule has 1 N–H and O–H groups in total. The van der Waals surface area contributed by atoms with E-state index in [0.29, 0.717) is 5.92 Å². The molecule has 20 heavy (non-hydrogen) atoms. The molecule has 1 heterocycles. The Bertz CT molecular complexity index is 465. The maximum atomic E-state index is 11.8. The number of anilines is 1. The maximum absolute atomic E-state index is 11.8. The highest BCUT2D eigenvalue weighted by atomic mass is 16.1. The summed E-state index contributed by atoms with van der Waals surface area (Å²) in [6, 6.07) is 1.60. The summed E-state index contributed by atoms with van der Waals surface area (Å²) in [7, 11) is 4.11. The van der Waals surface area contributed by atoms with Crippen LogP contribution in [0.3, 0.4) is 0 Å². The van der Waals surface area contributed by atoms with Crippen LogP contribution in [0, 0.1) is 5.92 Å². The molecule has 0 saturated carbocycles. The predicted octanol–water partition coefficient (Wildman–Crippen LogP) is 1.92. The van der Waals surface area contributed by atoms with Crippen molar-refractivity contribution in [1.29, 1.82) is 0 Å². The number of likely N-dealkylation sites (N-methyl/N-ethyl adjacent to an activating group) is 1. The summed E-state index contributed by atoms with van der Waals surface area (Å²) in [6.45, 7) is 11.2. The third-order valence-electron chi connectivity index (χ3n) is 3.02.